The number of aromatic nitrogens is 1. The first-order valence-corrected chi connectivity index (χ1v) is 5.31. The lowest BCUT2D eigenvalue weighted by Gasteiger charge is -2.09. The Labute approximate surface area is 89.5 Å². The van der Waals surface area contributed by atoms with Crippen LogP contribution in [0.3, 0.4) is 0 Å². The maximum atomic E-state index is 5.16. The van der Waals surface area contributed by atoms with Gasteiger partial charge in [-0.3, -0.25) is 0 Å². The van der Waals surface area contributed by atoms with E-state index in [1.54, 1.807) is 0 Å². The van der Waals surface area contributed by atoms with Crippen molar-refractivity contribution >= 4 is 17.3 Å². The summed E-state index contributed by atoms with van der Waals surface area (Å²) in [6.07, 6.45) is 4.55. The molecule has 0 saturated heterocycles. The molecule has 0 atom stereocenters. The number of aryl methyl sites for hydroxylation is 1. The van der Waals surface area contributed by atoms with Gasteiger partial charge >= 0.3 is 0 Å². The second-order valence-corrected chi connectivity index (χ2v) is 4.12. The number of rotatable bonds is 3. The van der Waals surface area contributed by atoms with E-state index < -0.39 is 0 Å². The van der Waals surface area contributed by atoms with Crippen molar-refractivity contribution in [3.05, 3.63) is 24.0 Å². The van der Waals surface area contributed by atoms with Crippen LogP contribution >= 0.6 is 12.2 Å². The Morgan fingerprint density at radius 2 is 2.43 bits per heavy atom. The van der Waals surface area contributed by atoms with Crippen LogP contribution in [0.2, 0.25) is 0 Å². The molecule has 2 rings (SSSR count). The quantitative estimate of drug-likeness (QED) is 0.732. The number of hydrogen-bond donors (Lipinski definition) is 2. The summed E-state index contributed by atoms with van der Waals surface area (Å²) in [5.41, 5.74) is 1.24. The molecule has 1 fully saturated rings. The Morgan fingerprint density at radius 1 is 1.64 bits per heavy atom. The first-order chi connectivity index (χ1) is 6.75. The minimum Gasteiger partial charge on any atom is -0.360 e. The van der Waals surface area contributed by atoms with Crippen LogP contribution in [0.15, 0.2) is 18.3 Å². The molecule has 76 valence electrons. The minimum absolute atomic E-state index is 0.628. The highest BCUT2D eigenvalue weighted by molar-refractivity contribution is 7.80. The van der Waals surface area contributed by atoms with Gasteiger partial charge in [-0.15, -0.1) is 0 Å². The summed E-state index contributed by atoms with van der Waals surface area (Å²) in [5.74, 6) is 0. The summed E-state index contributed by atoms with van der Waals surface area (Å²) in [6.45, 7) is 0.794. The molecule has 1 aromatic heterocycles. The van der Waals surface area contributed by atoms with E-state index in [1.165, 1.54) is 18.5 Å². The molecule has 1 aromatic rings. The molecule has 0 bridgehead atoms. The highest BCUT2D eigenvalue weighted by Gasteiger charge is 2.21. The van der Waals surface area contributed by atoms with Gasteiger partial charge in [-0.05, 0) is 37.2 Å². The summed E-state index contributed by atoms with van der Waals surface area (Å²) in [6, 6.07) is 4.75. The molecule has 0 spiro atoms. The van der Waals surface area contributed by atoms with Gasteiger partial charge in [0.05, 0.1) is 6.54 Å². The number of nitrogens with one attached hydrogen (secondary N) is 2. The smallest absolute Gasteiger partial charge is 0.166 e. The zero-order valence-electron chi connectivity index (χ0n) is 8.29. The third-order valence-electron chi connectivity index (χ3n) is 2.39. The molecule has 2 N–H and O–H groups in total. The molecule has 1 saturated carbocycles. The molecule has 0 radical (unpaired) electrons. The Kier molecular flexibility index (Phi) is 2.72. The van der Waals surface area contributed by atoms with Gasteiger partial charge < -0.3 is 15.2 Å². The van der Waals surface area contributed by atoms with Crippen molar-refractivity contribution < 1.29 is 0 Å². The van der Waals surface area contributed by atoms with Gasteiger partial charge in [-0.25, -0.2) is 0 Å². The van der Waals surface area contributed by atoms with Gasteiger partial charge in [0.15, 0.2) is 5.11 Å². The maximum Gasteiger partial charge on any atom is 0.166 e. The van der Waals surface area contributed by atoms with E-state index in [1.807, 2.05) is 19.3 Å². The van der Waals surface area contributed by atoms with Gasteiger partial charge in [0.25, 0.3) is 0 Å². The molecule has 0 aliphatic heterocycles. The number of thiocarbonyl (C=S) groups is 1. The first-order valence-electron chi connectivity index (χ1n) is 4.90. The van der Waals surface area contributed by atoms with E-state index in [4.69, 9.17) is 12.2 Å². The molecule has 0 amide bonds. The predicted octanol–water partition coefficient (Wildman–Crippen LogP) is 1.15. The van der Waals surface area contributed by atoms with E-state index in [0.717, 1.165) is 11.7 Å². The summed E-state index contributed by atoms with van der Waals surface area (Å²) < 4.78 is 2.09. The lowest BCUT2D eigenvalue weighted by molar-refractivity contribution is 0.760. The van der Waals surface area contributed by atoms with Crippen LogP contribution in [-0.4, -0.2) is 15.7 Å². The van der Waals surface area contributed by atoms with Crippen molar-refractivity contribution in [2.45, 2.75) is 25.4 Å². The van der Waals surface area contributed by atoms with E-state index in [9.17, 15) is 0 Å². The summed E-state index contributed by atoms with van der Waals surface area (Å²) in [7, 11) is 2.04. The van der Waals surface area contributed by atoms with Crippen LogP contribution in [0.5, 0.6) is 0 Å². The monoisotopic (exact) mass is 209 g/mol. The molecule has 0 unspecified atom stereocenters. The highest BCUT2D eigenvalue weighted by Crippen LogP contribution is 2.18. The average molecular weight is 209 g/mol. The van der Waals surface area contributed by atoms with Crippen LogP contribution in [-0.2, 0) is 13.6 Å². The minimum atomic E-state index is 0.628. The van der Waals surface area contributed by atoms with Gasteiger partial charge in [0.1, 0.15) is 0 Å². The van der Waals surface area contributed by atoms with Crippen LogP contribution < -0.4 is 10.6 Å². The average Bonchev–Trinajstić information content (AvgIpc) is 2.86. The van der Waals surface area contributed by atoms with Crippen molar-refractivity contribution in [2.24, 2.45) is 7.05 Å². The van der Waals surface area contributed by atoms with E-state index in [-0.39, 0.29) is 0 Å². The van der Waals surface area contributed by atoms with Crippen LogP contribution in [0.25, 0.3) is 0 Å². The largest absolute Gasteiger partial charge is 0.360 e. The van der Waals surface area contributed by atoms with E-state index >= 15 is 0 Å². The van der Waals surface area contributed by atoms with Crippen LogP contribution in [0.1, 0.15) is 18.5 Å². The third-order valence-corrected chi connectivity index (χ3v) is 2.66. The Hall–Kier alpha value is -1.03. The second kappa shape index (κ2) is 4.00. The standard InChI is InChI=1S/C10H15N3S/c1-13-6-2-3-9(13)7-11-10(14)12-8-4-5-8/h2-3,6,8H,4-5,7H2,1H3,(H2,11,12,14). The maximum absolute atomic E-state index is 5.16. The molecular weight excluding hydrogens is 194 g/mol. The Morgan fingerprint density at radius 3 is 3.00 bits per heavy atom. The summed E-state index contributed by atoms with van der Waals surface area (Å²) in [5, 5.41) is 7.22. The SMILES string of the molecule is Cn1cccc1CNC(=S)NC1CC1. The third kappa shape index (κ3) is 2.48. The second-order valence-electron chi connectivity index (χ2n) is 3.71. The Bertz CT molecular complexity index is 328. The van der Waals surface area contributed by atoms with Crippen molar-refractivity contribution in [1.82, 2.24) is 15.2 Å². The molecule has 14 heavy (non-hydrogen) atoms. The lowest BCUT2D eigenvalue weighted by atomic mass is 10.4. The molecule has 1 aliphatic rings. The van der Waals surface area contributed by atoms with Crippen molar-refractivity contribution in [1.29, 1.82) is 0 Å². The van der Waals surface area contributed by atoms with E-state index in [0.29, 0.717) is 6.04 Å². The molecule has 3 nitrogen and oxygen atoms in total. The molecule has 0 aromatic carbocycles. The zero-order valence-corrected chi connectivity index (χ0v) is 9.10. The van der Waals surface area contributed by atoms with Gasteiger partial charge in [-0.1, -0.05) is 0 Å². The normalized spacial score (nSPS) is 15.2. The molecule has 1 aliphatic carbocycles. The molecular formula is C10H15N3S. The van der Waals surface area contributed by atoms with Crippen molar-refractivity contribution in [2.75, 3.05) is 0 Å². The topological polar surface area (TPSA) is 29.0 Å². The number of nitrogens with zero attached hydrogens (tertiary/aromatic N) is 1. The highest BCUT2D eigenvalue weighted by atomic mass is 32.1. The van der Waals surface area contributed by atoms with Gasteiger partial charge in [0.2, 0.25) is 0 Å². The van der Waals surface area contributed by atoms with Crippen LogP contribution in [0.4, 0.5) is 0 Å². The van der Waals surface area contributed by atoms with Crippen molar-refractivity contribution in [3.63, 3.8) is 0 Å². The fourth-order valence-electron chi connectivity index (χ4n) is 1.32. The van der Waals surface area contributed by atoms with Crippen molar-refractivity contribution in [3.8, 4) is 0 Å². The van der Waals surface area contributed by atoms with Gasteiger partial charge in [-0.2, -0.15) is 0 Å². The summed E-state index contributed by atoms with van der Waals surface area (Å²) >= 11 is 5.16. The molecule has 4 heteroatoms. The zero-order chi connectivity index (χ0) is 9.97. The van der Waals surface area contributed by atoms with Crippen LogP contribution in [0, 0.1) is 0 Å². The first kappa shape index (κ1) is 9.52. The fraction of sp³-hybridized carbons (Fsp3) is 0.500. The molecule has 1 heterocycles. The lowest BCUT2D eigenvalue weighted by Crippen LogP contribution is -2.36. The Balaban J connectivity index is 1.76. The van der Waals surface area contributed by atoms with E-state index in [2.05, 4.69) is 21.3 Å². The number of hydrogen-bond acceptors (Lipinski definition) is 1. The summed E-state index contributed by atoms with van der Waals surface area (Å²) in [4.78, 5) is 0. The fourth-order valence-corrected chi connectivity index (χ4v) is 1.55. The van der Waals surface area contributed by atoms with Gasteiger partial charge in [0, 0.05) is 25.0 Å². The predicted molar refractivity (Wildman–Crippen MR) is 61.0 cm³/mol.